The molecule has 43 heavy (non-hydrogen) atoms. The third-order valence-corrected chi connectivity index (χ3v) is 7.68. The van der Waals surface area contributed by atoms with E-state index in [4.69, 9.17) is 25.6 Å². The summed E-state index contributed by atoms with van der Waals surface area (Å²) in [5.41, 5.74) is 6.93. The van der Waals surface area contributed by atoms with Crippen LogP contribution in [-0.4, -0.2) is 90.6 Å². The zero-order chi connectivity index (χ0) is 32.1. The average molecular weight is 646 g/mol. The fraction of sp³-hybridized carbons (Fsp3) is 0.292. The highest BCUT2D eigenvalue weighted by Crippen LogP contribution is 2.41. The SMILES string of the molecule is CCO/N=C(\C(=O)N[C@@H]1C(=O)N2C(C(=O)O)=C(Cc3ccc(C(=O)O)cc3)CS[C@H]12)c1csc(N)n1.O=C(O)C(F)(F)F. The van der Waals surface area contributed by atoms with Crippen molar-refractivity contribution < 1.29 is 57.3 Å². The number of oxime groups is 1. The standard InChI is InChI=1S/C22H21N5O7S2.C2HF3O2/c1-2-34-26-14(13-9-36-22(23)24-13)17(28)25-15-18(29)27-16(21(32)33)12(8-35-19(15)27)7-10-3-5-11(6-4-10)20(30)31;3-2(4,5)1(6)7/h3-6,9,15,19H,2,7-8H2,1H3,(H2,23,24)(H,25,28)(H,30,31)(H,32,33);(H,6,7)/b26-14-;/t15-,19-;/m1./s1. The number of amides is 2. The number of nitrogens with two attached hydrogens (primary N) is 1. The number of thiazole rings is 1. The third kappa shape index (κ3) is 7.80. The van der Waals surface area contributed by atoms with E-state index in [2.05, 4.69) is 15.5 Å². The quantitative estimate of drug-likeness (QED) is 0.150. The summed E-state index contributed by atoms with van der Waals surface area (Å²) in [6.07, 6.45) is -4.85. The van der Waals surface area contributed by atoms with Crippen molar-refractivity contribution in [2.45, 2.75) is 30.9 Å². The van der Waals surface area contributed by atoms with Crippen LogP contribution in [0, 0.1) is 0 Å². The molecule has 2 aliphatic heterocycles. The van der Waals surface area contributed by atoms with Crippen molar-refractivity contribution in [2.24, 2.45) is 5.16 Å². The van der Waals surface area contributed by atoms with Crippen molar-refractivity contribution in [3.8, 4) is 0 Å². The molecule has 6 N–H and O–H groups in total. The number of nitrogen functional groups attached to an aromatic ring is 1. The van der Waals surface area contributed by atoms with Gasteiger partial charge in [0.15, 0.2) is 10.8 Å². The first-order chi connectivity index (χ1) is 20.1. The minimum absolute atomic E-state index is 0.119. The first-order valence-corrected chi connectivity index (χ1v) is 13.8. The molecule has 2 aliphatic rings. The Labute approximate surface area is 248 Å². The van der Waals surface area contributed by atoms with Gasteiger partial charge >= 0.3 is 24.1 Å². The second kappa shape index (κ2) is 13.6. The van der Waals surface area contributed by atoms with E-state index in [1.54, 1.807) is 19.1 Å². The lowest BCUT2D eigenvalue weighted by atomic mass is 9.98. The van der Waals surface area contributed by atoms with Gasteiger partial charge in [-0.3, -0.25) is 14.5 Å². The number of hydrogen-bond donors (Lipinski definition) is 5. The van der Waals surface area contributed by atoms with Gasteiger partial charge in [-0.2, -0.15) is 13.2 Å². The second-order valence-corrected chi connectivity index (χ2v) is 10.5. The van der Waals surface area contributed by atoms with Gasteiger partial charge < -0.3 is 31.2 Å². The predicted molar refractivity (Wildman–Crippen MR) is 145 cm³/mol. The van der Waals surface area contributed by atoms with Crippen LogP contribution >= 0.6 is 23.1 Å². The Morgan fingerprint density at radius 2 is 1.79 bits per heavy atom. The van der Waals surface area contributed by atoms with Crippen LogP contribution in [-0.2, 0) is 30.4 Å². The molecule has 1 aromatic carbocycles. The summed E-state index contributed by atoms with van der Waals surface area (Å²) in [6, 6.07) is 5.14. The summed E-state index contributed by atoms with van der Waals surface area (Å²) < 4.78 is 31.7. The summed E-state index contributed by atoms with van der Waals surface area (Å²) in [5, 5.41) is 33.6. The lowest BCUT2D eigenvalue weighted by molar-refractivity contribution is -0.192. The lowest BCUT2D eigenvalue weighted by Gasteiger charge is -2.49. The molecule has 230 valence electrons. The fourth-order valence-electron chi connectivity index (χ4n) is 3.77. The smallest absolute Gasteiger partial charge is 0.478 e. The van der Waals surface area contributed by atoms with Crippen LogP contribution in [0.25, 0.3) is 0 Å². The molecule has 0 spiro atoms. The van der Waals surface area contributed by atoms with Gasteiger partial charge in [0.25, 0.3) is 11.8 Å². The van der Waals surface area contributed by atoms with E-state index >= 15 is 0 Å². The van der Waals surface area contributed by atoms with Gasteiger partial charge in [-0.05, 0) is 36.6 Å². The molecule has 0 aliphatic carbocycles. The highest BCUT2D eigenvalue weighted by atomic mass is 32.2. The average Bonchev–Trinajstić information content (AvgIpc) is 3.37. The van der Waals surface area contributed by atoms with E-state index in [1.807, 2.05) is 0 Å². The molecule has 1 saturated heterocycles. The number of β-lactam (4-membered cyclic amide) rings is 1. The Bertz CT molecular complexity index is 1490. The zero-order valence-corrected chi connectivity index (χ0v) is 23.5. The summed E-state index contributed by atoms with van der Waals surface area (Å²) in [6.45, 7) is 1.90. The van der Waals surface area contributed by atoms with Gasteiger partial charge in [-0.15, -0.1) is 23.1 Å². The molecule has 2 atom stereocenters. The summed E-state index contributed by atoms with van der Waals surface area (Å²) in [7, 11) is 0. The maximum Gasteiger partial charge on any atom is 0.490 e. The first kappa shape index (κ1) is 32.9. The molecule has 4 rings (SSSR count). The van der Waals surface area contributed by atoms with Crippen molar-refractivity contribution in [3.63, 3.8) is 0 Å². The highest BCUT2D eigenvalue weighted by molar-refractivity contribution is 8.00. The van der Waals surface area contributed by atoms with E-state index in [1.165, 1.54) is 34.2 Å². The number of carbonyl (C=O) groups excluding carboxylic acids is 2. The largest absolute Gasteiger partial charge is 0.490 e. The Morgan fingerprint density at radius 1 is 1.16 bits per heavy atom. The zero-order valence-electron chi connectivity index (χ0n) is 21.8. The van der Waals surface area contributed by atoms with Crippen LogP contribution in [0.5, 0.6) is 0 Å². The number of thioether (sulfide) groups is 1. The van der Waals surface area contributed by atoms with E-state index in [9.17, 15) is 37.5 Å². The molecule has 1 aromatic heterocycles. The summed E-state index contributed by atoms with van der Waals surface area (Å²) in [5.74, 6) is -6.02. The number of aromatic carboxylic acids is 1. The van der Waals surface area contributed by atoms with Gasteiger partial charge in [-0.1, -0.05) is 17.3 Å². The van der Waals surface area contributed by atoms with E-state index < -0.39 is 47.3 Å². The number of carbonyl (C=O) groups is 5. The molecule has 14 nitrogen and oxygen atoms in total. The van der Waals surface area contributed by atoms with Crippen LogP contribution in [0.15, 0.2) is 46.1 Å². The number of nitrogens with one attached hydrogen (secondary N) is 1. The molecule has 19 heteroatoms. The summed E-state index contributed by atoms with van der Waals surface area (Å²) in [4.78, 5) is 68.2. The van der Waals surface area contributed by atoms with Gasteiger partial charge in [0.05, 0.1) is 5.56 Å². The molecule has 0 saturated carbocycles. The number of benzene rings is 1. The molecular weight excluding hydrogens is 623 g/mol. The van der Waals surface area contributed by atoms with Crippen molar-refractivity contribution in [3.05, 3.63) is 57.7 Å². The molecule has 2 aromatic rings. The minimum Gasteiger partial charge on any atom is -0.478 e. The second-order valence-electron chi connectivity index (χ2n) is 8.53. The van der Waals surface area contributed by atoms with Crippen molar-refractivity contribution >= 4 is 63.7 Å². The minimum atomic E-state index is -5.08. The number of carboxylic acid groups (broad SMARTS) is 3. The third-order valence-electron chi connectivity index (χ3n) is 5.66. The Balaban J connectivity index is 0.000000646. The predicted octanol–water partition coefficient (Wildman–Crippen LogP) is 1.78. The number of carboxylic acids is 3. The number of alkyl halides is 3. The van der Waals surface area contributed by atoms with E-state index in [0.717, 1.165) is 11.3 Å². The number of nitrogens with zero attached hydrogens (tertiary/aromatic N) is 3. The molecule has 0 bridgehead atoms. The van der Waals surface area contributed by atoms with Crippen molar-refractivity contribution in [1.82, 2.24) is 15.2 Å². The van der Waals surface area contributed by atoms with Crippen LogP contribution in [0.2, 0.25) is 0 Å². The van der Waals surface area contributed by atoms with Gasteiger partial charge in [0, 0.05) is 11.1 Å². The van der Waals surface area contributed by atoms with Crippen LogP contribution in [0.1, 0.15) is 28.5 Å². The lowest BCUT2D eigenvalue weighted by Crippen LogP contribution is -2.71. The first-order valence-electron chi connectivity index (χ1n) is 11.9. The normalized spacial score (nSPS) is 18.1. The van der Waals surface area contributed by atoms with Gasteiger partial charge in [-0.25, -0.2) is 19.4 Å². The molecule has 1 fully saturated rings. The number of hydrogen-bond acceptors (Lipinski definition) is 11. The molecule has 0 unspecified atom stereocenters. The highest BCUT2D eigenvalue weighted by Gasteiger charge is 2.54. The number of aliphatic carboxylic acids is 2. The maximum absolute atomic E-state index is 13.0. The Hall–Kier alpha value is -4.65. The molecule has 2 amide bonds. The number of anilines is 1. The molecular formula is C24H22F3N5O9S2. The van der Waals surface area contributed by atoms with Crippen LogP contribution in [0.4, 0.5) is 18.3 Å². The number of halogens is 3. The van der Waals surface area contributed by atoms with Crippen molar-refractivity contribution in [1.29, 1.82) is 0 Å². The fourth-order valence-corrected chi connectivity index (χ4v) is 5.66. The monoisotopic (exact) mass is 645 g/mol. The number of fused-ring (bicyclic) bond motifs is 1. The van der Waals surface area contributed by atoms with Gasteiger partial charge in [0.1, 0.15) is 29.4 Å². The maximum atomic E-state index is 13.0. The van der Waals surface area contributed by atoms with E-state index in [-0.39, 0.29) is 40.8 Å². The van der Waals surface area contributed by atoms with Crippen LogP contribution in [0.3, 0.4) is 0 Å². The topological polar surface area (TPSA) is 222 Å². The number of rotatable bonds is 9. The molecule has 3 heterocycles. The number of aromatic nitrogens is 1. The Kier molecular flexibility index (Phi) is 10.4. The van der Waals surface area contributed by atoms with E-state index in [0.29, 0.717) is 16.9 Å². The van der Waals surface area contributed by atoms with Crippen LogP contribution < -0.4 is 11.1 Å². The molecule has 0 radical (unpaired) electrons. The summed E-state index contributed by atoms with van der Waals surface area (Å²) >= 11 is 2.44. The van der Waals surface area contributed by atoms with Gasteiger partial charge in [0.2, 0.25) is 0 Å². The van der Waals surface area contributed by atoms with Crippen molar-refractivity contribution in [2.75, 3.05) is 18.1 Å². The Morgan fingerprint density at radius 3 is 2.28 bits per heavy atom.